The summed E-state index contributed by atoms with van der Waals surface area (Å²) in [6.45, 7) is 5.46. The monoisotopic (exact) mass is 286 g/mol. The zero-order chi connectivity index (χ0) is 14.5. The van der Waals surface area contributed by atoms with Crippen molar-refractivity contribution in [2.75, 3.05) is 19.7 Å². The second-order valence-electron chi connectivity index (χ2n) is 5.59. The van der Waals surface area contributed by atoms with Crippen molar-refractivity contribution in [3.05, 3.63) is 36.7 Å². The molecule has 0 radical (unpaired) electrons. The Labute approximate surface area is 125 Å². The maximum absolute atomic E-state index is 5.80. The minimum Gasteiger partial charge on any atom is -0.494 e. The topological polar surface area (TPSA) is 38.5 Å². The van der Waals surface area contributed by atoms with Crippen LogP contribution in [0, 0.1) is 0 Å². The van der Waals surface area contributed by atoms with Gasteiger partial charge in [-0.15, -0.1) is 0 Å². The van der Waals surface area contributed by atoms with Gasteiger partial charge in [0.25, 0.3) is 0 Å². The van der Waals surface area contributed by atoms with Crippen LogP contribution in [0.1, 0.15) is 26.2 Å². The van der Waals surface area contributed by atoms with Gasteiger partial charge in [0.05, 0.1) is 12.8 Å². The van der Waals surface area contributed by atoms with Gasteiger partial charge in [0, 0.05) is 18.2 Å². The summed E-state index contributed by atoms with van der Waals surface area (Å²) < 4.78 is 11.1. The zero-order valence-electron chi connectivity index (χ0n) is 12.5. The first kappa shape index (κ1) is 14.1. The molecule has 2 aromatic rings. The molecule has 1 aromatic heterocycles. The zero-order valence-corrected chi connectivity index (χ0v) is 12.5. The van der Waals surface area contributed by atoms with Crippen molar-refractivity contribution >= 4 is 0 Å². The van der Waals surface area contributed by atoms with E-state index in [-0.39, 0.29) is 0 Å². The highest BCUT2D eigenvalue weighted by Gasteiger charge is 2.18. The Morgan fingerprint density at radius 1 is 1.33 bits per heavy atom. The maximum atomic E-state index is 5.80. The van der Waals surface area contributed by atoms with Gasteiger partial charge in [-0.05, 0) is 57.0 Å². The highest BCUT2D eigenvalue weighted by atomic mass is 16.5. The third-order valence-corrected chi connectivity index (χ3v) is 4.08. The van der Waals surface area contributed by atoms with E-state index in [1.54, 1.807) is 12.5 Å². The second-order valence-corrected chi connectivity index (χ2v) is 5.59. The minimum absolute atomic E-state index is 0.643. The van der Waals surface area contributed by atoms with E-state index in [4.69, 9.17) is 9.15 Å². The van der Waals surface area contributed by atoms with Crippen molar-refractivity contribution in [2.45, 2.75) is 32.2 Å². The molecule has 0 aliphatic carbocycles. The van der Waals surface area contributed by atoms with Crippen LogP contribution in [0.5, 0.6) is 5.75 Å². The van der Waals surface area contributed by atoms with Gasteiger partial charge in [0.1, 0.15) is 12.0 Å². The molecule has 0 N–H and O–H groups in total. The number of oxazole rings is 1. The van der Waals surface area contributed by atoms with E-state index >= 15 is 0 Å². The van der Waals surface area contributed by atoms with Crippen molar-refractivity contribution in [1.29, 1.82) is 0 Å². The minimum atomic E-state index is 0.643. The smallest absolute Gasteiger partial charge is 0.225 e. The third kappa shape index (κ3) is 3.64. The van der Waals surface area contributed by atoms with Crippen LogP contribution in [0.3, 0.4) is 0 Å². The lowest BCUT2D eigenvalue weighted by Gasteiger charge is -2.20. The number of aromatic nitrogens is 1. The molecule has 21 heavy (non-hydrogen) atoms. The van der Waals surface area contributed by atoms with Crippen LogP contribution in [0.15, 0.2) is 41.1 Å². The molecule has 0 bridgehead atoms. The second kappa shape index (κ2) is 6.76. The molecular formula is C17H22N2O2. The lowest BCUT2D eigenvalue weighted by Crippen LogP contribution is -2.28. The highest BCUT2D eigenvalue weighted by molar-refractivity contribution is 5.54. The van der Waals surface area contributed by atoms with Crippen molar-refractivity contribution < 1.29 is 9.15 Å². The molecule has 1 aliphatic heterocycles. The van der Waals surface area contributed by atoms with Crippen LogP contribution >= 0.6 is 0 Å². The Morgan fingerprint density at radius 2 is 2.19 bits per heavy atom. The molecule has 0 spiro atoms. The Kier molecular flexibility index (Phi) is 4.55. The number of rotatable bonds is 6. The van der Waals surface area contributed by atoms with Gasteiger partial charge in [0.2, 0.25) is 5.89 Å². The number of nitrogens with zero attached hydrogens (tertiary/aromatic N) is 2. The third-order valence-electron chi connectivity index (χ3n) is 4.08. The molecule has 1 aromatic carbocycles. The number of hydrogen-bond donors (Lipinski definition) is 0. The Balaban J connectivity index is 1.43. The summed E-state index contributed by atoms with van der Waals surface area (Å²) in [6.07, 6.45) is 6.98. The summed E-state index contributed by atoms with van der Waals surface area (Å²) >= 11 is 0. The molecule has 1 fully saturated rings. The summed E-state index contributed by atoms with van der Waals surface area (Å²) in [5, 5.41) is 0. The van der Waals surface area contributed by atoms with E-state index in [2.05, 4.69) is 16.8 Å². The summed E-state index contributed by atoms with van der Waals surface area (Å²) in [6, 6.07) is 8.63. The van der Waals surface area contributed by atoms with Crippen molar-refractivity contribution in [1.82, 2.24) is 9.88 Å². The number of hydrogen-bond acceptors (Lipinski definition) is 4. The summed E-state index contributed by atoms with van der Waals surface area (Å²) in [5.41, 5.74) is 0.971. The van der Waals surface area contributed by atoms with Crippen LogP contribution in [0.4, 0.5) is 0 Å². The van der Waals surface area contributed by atoms with E-state index in [9.17, 15) is 0 Å². The molecule has 112 valence electrons. The lowest BCUT2D eigenvalue weighted by molar-refractivity contribution is 0.230. The average molecular weight is 286 g/mol. The van der Waals surface area contributed by atoms with Gasteiger partial charge < -0.3 is 14.1 Å². The standard InChI is InChI=1S/C17H22N2O2/c1-14-4-2-10-19(14)11-3-12-20-16-7-5-15(6-8-16)17-18-9-13-21-17/h5-9,13-14H,2-4,10-12H2,1H3. The summed E-state index contributed by atoms with van der Waals surface area (Å²) in [5.74, 6) is 1.55. The predicted octanol–water partition coefficient (Wildman–Crippen LogP) is 3.59. The van der Waals surface area contributed by atoms with E-state index in [1.807, 2.05) is 24.3 Å². The molecule has 4 heteroatoms. The van der Waals surface area contributed by atoms with Crippen LogP contribution in [0.2, 0.25) is 0 Å². The molecule has 2 heterocycles. The van der Waals surface area contributed by atoms with Crippen LogP contribution in [0.25, 0.3) is 11.5 Å². The Bertz CT molecular complexity index is 536. The van der Waals surface area contributed by atoms with Gasteiger partial charge in [0.15, 0.2) is 0 Å². The van der Waals surface area contributed by atoms with E-state index in [0.29, 0.717) is 5.89 Å². The van der Waals surface area contributed by atoms with Crippen molar-refractivity contribution in [3.8, 4) is 17.2 Å². The Morgan fingerprint density at radius 3 is 2.86 bits per heavy atom. The maximum Gasteiger partial charge on any atom is 0.225 e. The van der Waals surface area contributed by atoms with Crippen molar-refractivity contribution in [2.24, 2.45) is 0 Å². The highest BCUT2D eigenvalue weighted by Crippen LogP contribution is 2.21. The largest absolute Gasteiger partial charge is 0.494 e. The molecule has 1 saturated heterocycles. The fraction of sp³-hybridized carbons (Fsp3) is 0.471. The molecule has 0 saturated carbocycles. The first-order chi connectivity index (χ1) is 10.3. The predicted molar refractivity (Wildman–Crippen MR) is 82.3 cm³/mol. The quantitative estimate of drug-likeness (QED) is 0.761. The van der Waals surface area contributed by atoms with E-state index in [1.165, 1.54) is 19.4 Å². The molecule has 0 amide bonds. The van der Waals surface area contributed by atoms with Gasteiger partial charge in [-0.1, -0.05) is 0 Å². The normalized spacial score (nSPS) is 19.0. The van der Waals surface area contributed by atoms with E-state index < -0.39 is 0 Å². The molecule has 1 aliphatic rings. The van der Waals surface area contributed by atoms with Crippen LogP contribution < -0.4 is 4.74 Å². The van der Waals surface area contributed by atoms with E-state index in [0.717, 1.165) is 36.9 Å². The van der Waals surface area contributed by atoms with Gasteiger partial charge in [-0.2, -0.15) is 0 Å². The van der Waals surface area contributed by atoms with Gasteiger partial charge in [-0.25, -0.2) is 4.98 Å². The van der Waals surface area contributed by atoms with Crippen LogP contribution in [-0.4, -0.2) is 35.6 Å². The fourth-order valence-electron chi connectivity index (χ4n) is 2.84. The average Bonchev–Trinajstić information content (AvgIpc) is 3.16. The van der Waals surface area contributed by atoms with Crippen LogP contribution in [-0.2, 0) is 0 Å². The number of ether oxygens (including phenoxy) is 1. The van der Waals surface area contributed by atoms with Crippen molar-refractivity contribution in [3.63, 3.8) is 0 Å². The molecular weight excluding hydrogens is 264 g/mol. The SMILES string of the molecule is CC1CCCN1CCCOc1ccc(-c2ncco2)cc1. The van der Waals surface area contributed by atoms with Gasteiger partial charge in [-0.3, -0.25) is 0 Å². The molecule has 1 unspecified atom stereocenters. The fourth-order valence-corrected chi connectivity index (χ4v) is 2.84. The molecule has 1 atom stereocenters. The summed E-state index contributed by atoms with van der Waals surface area (Å²) in [4.78, 5) is 6.68. The number of benzene rings is 1. The lowest BCUT2D eigenvalue weighted by atomic mass is 10.2. The summed E-state index contributed by atoms with van der Waals surface area (Å²) in [7, 11) is 0. The first-order valence-corrected chi connectivity index (χ1v) is 7.70. The molecule has 3 rings (SSSR count). The number of likely N-dealkylation sites (tertiary alicyclic amines) is 1. The van der Waals surface area contributed by atoms with Gasteiger partial charge >= 0.3 is 0 Å². The molecule has 4 nitrogen and oxygen atoms in total. The Hall–Kier alpha value is -1.81. The first-order valence-electron chi connectivity index (χ1n) is 7.70.